The highest BCUT2D eigenvalue weighted by atomic mass is 32.2. The predicted molar refractivity (Wildman–Crippen MR) is 57.6 cm³/mol. The minimum absolute atomic E-state index is 0.0161. The average molecular weight is 234 g/mol. The molecule has 0 spiro atoms. The first kappa shape index (κ1) is 12.4. The van der Waals surface area contributed by atoms with E-state index in [1.165, 1.54) is 0 Å². The second kappa shape index (κ2) is 3.75. The van der Waals surface area contributed by atoms with Crippen LogP contribution in [0.5, 0.6) is 0 Å². The fourth-order valence-corrected chi connectivity index (χ4v) is 2.40. The molecule has 0 saturated carbocycles. The summed E-state index contributed by atoms with van der Waals surface area (Å²) < 4.78 is 22.3. The predicted octanol–water partition coefficient (Wildman–Crippen LogP) is 0.0644. The monoisotopic (exact) mass is 234 g/mol. The minimum Gasteiger partial charge on any atom is -0.336 e. The fraction of sp³-hybridized carbons (Fsp3) is 0.889. The van der Waals surface area contributed by atoms with Gasteiger partial charge in [0, 0.05) is 18.5 Å². The molecule has 0 aromatic carbocycles. The second-order valence-corrected chi connectivity index (χ2v) is 6.43. The summed E-state index contributed by atoms with van der Waals surface area (Å²) in [5.74, 6) is -0.124. The summed E-state index contributed by atoms with van der Waals surface area (Å²) in [6.07, 6.45) is 0.804. The molecular formula is C9H18N2O3S. The summed E-state index contributed by atoms with van der Waals surface area (Å²) in [5.41, 5.74) is -0.295. The van der Waals surface area contributed by atoms with Crippen molar-refractivity contribution in [3.8, 4) is 0 Å². The van der Waals surface area contributed by atoms with Gasteiger partial charge in [0.05, 0.1) is 0 Å². The molecule has 88 valence electrons. The number of hydrogen-bond acceptors (Lipinski definition) is 3. The topological polar surface area (TPSA) is 80.5 Å². The number of carbonyl (C=O) groups is 1. The molecule has 1 heterocycles. The standard InChI is InChI=1S/C9H18N2O3S/c1-4-9(2,3)11-6-7(5-8(11)12)15(10,13)14/h7H,4-6H2,1-3H3,(H2,10,13,14). The molecule has 0 aliphatic carbocycles. The van der Waals surface area contributed by atoms with Crippen molar-refractivity contribution in [1.29, 1.82) is 0 Å². The third-order valence-electron chi connectivity index (χ3n) is 3.15. The summed E-state index contributed by atoms with van der Waals surface area (Å²) in [4.78, 5) is 13.3. The van der Waals surface area contributed by atoms with Crippen molar-refractivity contribution in [2.24, 2.45) is 5.14 Å². The number of nitrogens with two attached hydrogens (primary N) is 1. The van der Waals surface area contributed by atoms with E-state index in [2.05, 4.69) is 0 Å². The number of rotatable bonds is 3. The molecule has 1 aliphatic rings. The lowest BCUT2D eigenvalue weighted by atomic mass is 10.00. The summed E-state index contributed by atoms with van der Waals surface area (Å²) in [7, 11) is -3.60. The van der Waals surface area contributed by atoms with Crippen LogP contribution >= 0.6 is 0 Å². The maximum Gasteiger partial charge on any atom is 0.224 e. The van der Waals surface area contributed by atoms with E-state index in [0.717, 1.165) is 6.42 Å². The van der Waals surface area contributed by atoms with Crippen molar-refractivity contribution in [1.82, 2.24) is 4.90 Å². The summed E-state index contributed by atoms with van der Waals surface area (Å²) in [6, 6.07) is 0. The molecular weight excluding hydrogens is 216 g/mol. The first-order valence-electron chi connectivity index (χ1n) is 5.00. The summed E-state index contributed by atoms with van der Waals surface area (Å²) in [5, 5.41) is 4.30. The summed E-state index contributed by atoms with van der Waals surface area (Å²) >= 11 is 0. The number of hydrogen-bond donors (Lipinski definition) is 1. The van der Waals surface area contributed by atoms with Crippen LogP contribution in [0.4, 0.5) is 0 Å². The van der Waals surface area contributed by atoms with E-state index in [-0.39, 0.29) is 24.4 Å². The molecule has 0 aromatic heterocycles. The maximum absolute atomic E-state index is 11.6. The van der Waals surface area contributed by atoms with Gasteiger partial charge in [-0.3, -0.25) is 4.79 Å². The van der Waals surface area contributed by atoms with Gasteiger partial charge in [0.2, 0.25) is 15.9 Å². The van der Waals surface area contributed by atoms with Crippen LogP contribution in [0.3, 0.4) is 0 Å². The zero-order valence-corrected chi connectivity index (χ0v) is 10.2. The van der Waals surface area contributed by atoms with Gasteiger partial charge in [-0.25, -0.2) is 13.6 Å². The number of likely N-dealkylation sites (tertiary alicyclic amines) is 1. The maximum atomic E-state index is 11.6. The Kier molecular flexibility index (Phi) is 3.11. The highest BCUT2D eigenvalue weighted by molar-refractivity contribution is 7.89. The molecule has 1 fully saturated rings. The Bertz CT molecular complexity index is 362. The smallest absolute Gasteiger partial charge is 0.224 e. The third kappa shape index (κ3) is 2.49. The van der Waals surface area contributed by atoms with E-state index in [1.54, 1.807) is 4.90 Å². The lowest BCUT2D eigenvalue weighted by Crippen LogP contribution is -2.45. The van der Waals surface area contributed by atoms with Crippen molar-refractivity contribution in [3.05, 3.63) is 0 Å². The molecule has 6 heteroatoms. The zero-order valence-electron chi connectivity index (χ0n) is 9.36. The highest BCUT2D eigenvalue weighted by Gasteiger charge is 2.41. The van der Waals surface area contributed by atoms with Crippen molar-refractivity contribution >= 4 is 15.9 Å². The first-order chi connectivity index (χ1) is 6.68. The Labute approximate surface area is 90.7 Å². The van der Waals surface area contributed by atoms with Crippen LogP contribution < -0.4 is 5.14 Å². The summed E-state index contributed by atoms with van der Waals surface area (Å²) in [6.45, 7) is 6.04. The van der Waals surface area contributed by atoms with E-state index in [4.69, 9.17) is 5.14 Å². The SMILES string of the molecule is CCC(C)(C)N1CC(S(N)(=O)=O)CC1=O. The van der Waals surface area contributed by atoms with E-state index < -0.39 is 15.3 Å². The number of carbonyl (C=O) groups excluding carboxylic acids is 1. The lowest BCUT2D eigenvalue weighted by molar-refractivity contribution is -0.132. The largest absolute Gasteiger partial charge is 0.336 e. The fourth-order valence-electron chi connectivity index (χ4n) is 1.67. The van der Waals surface area contributed by atoms with Gasteiger partial charge >= 0.3 is 0 Å². The van der Waals surface area contributed by atoms with Crippen LogP contribution in [0.15, 0.2) is 0 Å². The molecule has 5 nitrogen and oxygen atoms in total. The van der Waals surface area contributed by atoms with Gasteiger partial charge in [-0.2, -0.15) is 0 Å². The van der Waals surface area contributed by atoms with Crippen LogP contribution in [0.25, 0.3) is 0 Å². The van der Waals surface area contributed by atoms with Crippen molar-refractivity contribution in [3.63, 3.8) is 0 Å². The Morgan fingerprint density at radius 2 is 2.07 bits per heavy atom. The van der Waals surface area contributed by atoms with Crippen LogP contribution in [-0.4, -0.2) is 36.6 Å². The molecule has 2 N–H and O–H groups in total. The van der Waals surface area contributed by atoms with E-state index in [1.807, 2.05) is 20.8 Å². The van der Waals surface area contributed by atoms with Crippen LogP contribution in [-0.2, 0) is 14.8 Å². The van der Waals surface area contributed by atoms with Gasteiger partial charge in [0.1, 0.15) is 5.25 Å². The first-order valence-corrected chi connectivity index (χ1v) is 6.61. The third-order valence-corrected chi connectivity index (χ3v) is 4.40. The van der Waals surface area contributed by atoms with Gasteiger partial charge in [0.15, 0.2) is 0 Å². The van der Waals surface area contributed by atoms with E-state index in [9.17, 15) is 13.2 Å². The van der Waals surface area contributed by atoms with Gasteiger partial charge in [-0.15, -0.1) is 0 Å². The quantitative estimate of drug-likeness (QED) is 0.750. The zero-order chi connectivity index (χ0) is 11.9. The Morgan fingerprint density at radius 1 is 1.53 bits per heavy atom. The molecule has 1 rings (SSSR count). The lowest BCUT2D eigenvalue weighted by Gasteiger charge is -2.34. The van der Waals surface area contributed by atoms with Crippen molar-refractivity contribution in [2.75, 3.05) is 6.54 Å². The number of sulfonamides is 1. The normalized spacial score (nSPS) is 23.6. The molecule has 0 bridgehead atoms. The van der Waals surface area contributed by atoms with Crippen molar-refractivity contribution < 1.29 is 13.2 Å². The average Bonchev–Trinajstić information content (AvgIpc) is 2.47. The van der Waals surface area contributed by atoms with Gasteiger partial charge in [-0.1, -0.05) is 6.92 Å². The number of nitrogens with zero attached hydrogens (tertiary/aromatic N) is 1. The highest BCUT2D eigenvalue weighted by Crippen LogP contribution is 2.27. The van der Waals surface area contributed by atoms with E-state index >= 15 is 0 Å². The second-order valence-electron chi connectivity index (χ2n) is 4.59. The molecule has 1 atom stereocenters. The van der Waals surface area contributed by atoms with E-state index in [0.29, 0.717) is 0 Å². The van der Waals surface area contributed by atoms with Crippen LogP contribution in [0, 0.1) is 0 Å². The molecule has 0 radical (unpaired) electrons. The number of primary sulfonamides is 1. The molecule has 1 unspecified atom stereocenters. The van der Waals surface area contributed by atoms with Gasteiger partial charge < -0.3 is 4.90 Å². The van der Waals surface area contributed by atoms with Crippen LogP contribution in [0.1, 0.15) is 33.6 Å². The molecule has 15 heavy (non-hydrogen) atoms. The Morgan fingerprint density at radius 3 is 2.40 bits per heavy atom. The van der Waals surface area contributed by atoms with Crippen molar-refractivity contribution in [2.45, 2.75) is 44.4 Å². The molecule has 1 aliphatic heterocycles. The minimum atomic E-state index is -3.60. The van der Waals surface area contributed by atoms with Crippen LogP contribution in [0.2, 0.25) is 0 Å². The van der Waals surface area contributed by atoms with Gasteiger partial charge in [-0.05, 0) is 20.3 Å². The Hall–Kier alpha value is -0.620. The molecule has 0 aromatic rings. The molecule has 1 amide bonds. The molecule has 1 saturated heterocycles. The Balaban J connectivity index is 2.87. The van der Waals surface area contributed by atoms with Gasteiger partial charge in [0.25, 0.3) is 0 Å². The number of amides is 1.